The number of hydrogen-bond donors (Lipinski definition) is 1. The molecule has 0 radical (unpaired) electrons. The zero-order chi connectivity index (χ0) is 12.8. The predicted molar refractivity (Wildman–Crippen MR) is 63.0 cm³/mol. The van der Waals surface area contributed by atoms with Gasteiger partial charge in [0.25, 0.3) is 0 Å². The van der Waals surface area contributed by atoms with Gasteiger partial charge in [-0.3, -0.25) is 4.79 Å². The summed E-state index contributed by atoms with van der Waals surface area (Å²) < 4.78 is 9.88. The fourth-order valence-electron chi connectivity index (χ4n) is 1.30. The maximum atomic E-state index is 11.1. The number of rotatable bonds is 5. The van der Waals surface area contributed by atoms with E-state index in [0.717, 1.165) is 0 Å². The molecule has 0 saturated heterocycles. The summed E-state index contributed by atoms with van der Waals surface area (Å²) in [6, 6.07) is 4.67. The quantitative estimate of drug-likeness (QED) is 0.476. The van der Waals surface area contributed by atoms with E-state index in [1.807, 2.05) is 0 Å². The van der Waals surface area contributed by atoms with E-state index in [9.17, 15) is 9.59 Å². The van der Waals surface area contributed by atoms with Gasteiger partial charge in [-0.25, -0.2) is 4.79 Å². The summed E-state index contributed by atoms with van der Waals surface area (Å²) in [6.07, 6.45) is 0. The highest BCUT2D eigenvalue weighted by Crippen LogP contribution is 2.20. The molecule has 0 amide bonds. The monoisotopic (exact) mass is 237 g/mol. The minimum Gasteiger partial charge on any atom is -0.482 e. The van der Waals surface area contributed by atoms with E-state index in [0.29, 0.717) is 23.6 Å². The number of benzene rings is 1. The molecule has 0 aliphatic heterocycles. The van der Waals surface area contributed by atoms with E-state index in [2.05, 4.69) is 0 Å². The molecule has 1 rings (SSSR count). The zero-order valence-electron chi connectivity index (χ0n) is 9.86. The normalized spacial score (nSPS) is 9.76. The number of ether oxygens (including phenoxy) is 2. The van der Waals surface area contributed by atoms with Crippen molar-refractivity contribution >= 4 is 17.4 Å². The Balaban J connectivity index is 2.65. The van der Waals surface area contributed by atoms with E-state index in [1.54, 1.807) is 19.1 Å². The average molecular weight is 237 g/mol. The maximum Gasteiger partial charge on any atom is 0.344 e. The summed E-state index contributed by atoms with van der Waals surface area (Å²) in [6.45, 7) is 3.29. The number of nitrogens with two attached hydrogens (primary N) is 1. The van der Waals surface area contributed by atoms with Gasteiger partial charge in [0.2, 0.25) is 0 Å². The number of carbonyl (C=O) groups excluding carboxylic acids is 2. The van der Waals surface area contributed by atoms with Gasteiger partial charge in [-0.2, -0.15) is 0 Å². The minimum absolute atomic E-state index is 0.112. The van der Waals surface area contributed by atoms with Gasteiger partial charge >= 0.3 is 5.97 Å². The van der Waals surface area contributed by atoms with Crippen LogP contribution in [-0.4, -0.2) is 25.0 Å². The van der Waals surface area contributed by atoms with Gasteiger partial charge < -0.3 is 15.2 Å². The van der Waals surface area contributed by atoms with Crippen LogP contribution in [0.5, 0.6) is 5.75 Å². The number of carbonyl (C=O) groups is 2. The molecule has 1 aromatic carbocycles. The van der Waals surface area contributed by atoms with Crippen LogP contribution in [0.25, 0.3) is 0 Å². The molecule has 0 atom stereocenters. The van der Waals surface area contributed by atoms with Crippen LogP contribution >= 0.6 is 0 Å². The number of nitrogen functional groups attached to an aromatic ring is 1. The van der Waals surface area contributed by atoms with Crippen LogP contribution in [0.1, 0.15) is 24.2 Å². The lowest BCUT2D eigenvalue weighted by Gasteiger charge is -2.08. The van der Waals surface area contributed by atoms with E-state index in [1.165, 1.54) is 13.0 Å². The molecule has 0 aromatic heterocycles. The Bertz CT molecular complexity index is 429. The Morgan fingerprint density at radius 3 is 2.59 bits per heavy atom. The van der Waals surface area contributed by atoms with Crippen LogP contribution in [0.2, 0.25) is 0 Å². The largest absolute Gasteiger partial charge is 0.482 e. The summed E-state index contributed by atoms with van der Waals surface area (Å²) in [5.41, 5.74) is 6.44. The summed E-state index contributed by atoms with van der Waals surface area (Å²) in [4.78, 5) is 22.2. The SMILES string of the molecule is CCOC(=O)COc1ccc(C(C)=O)c(N)c1. The van der Waals surface area contributed by atoms with Gasteiger partial charge in [-0.05, 0) is 26.0 Å². The van der Waals surface area contributed by atoms with Crippen molar-refractivity contribution in [2.75, 3.05) is 18.9 Å². The third-order valence-electron chi connectivity index (χ3n) is 2.06. The van der Waals surface area contributed by atoms with Crippen molar-refractivity contribution in [1.82, 2.24) is 0 Å². The van der Waals surface area contributed by atoms with Gasteiger partial charge in [0.15, 0.2) is 12.4 Å². The molecule has 92 valence electrons. The predicted octanol–water partition coefficient (Wildman–Crippen LogP) is 1.41. The van der Waals surface area contributed by atoms with Crippen molar-refractivity contribution < 1.29 is 19.1 Å². The number of hydrogen-bond acceptors (Lipinski definition) is 5. The van der Waals surface area contributed by atoms with Gasteiger partial charge in [-0.1, -0.05) is 0 Å². The first kappa shape index (κ1) is 13.0. The molecule has 0 heterocycles. The van der Waals surface area contributed by atoms with Gasteiger partial charge in [0, 0.05) is 17.3 Å². The average Bonchev–Trinajstić information content (AvgIpc) is 2.26. The molecule has 0 unspecified atom stereocenters. The van der Waals surface area contributed by atoms with Gasteiger partial charge in [0.1, 0.15) is 5.75 Å². The fraction of sp³-hybridized carbons (Fsp3) is 0.333. The van der Waals surface area contributed by atoms with Crippen LogP contribution in [0.3, 0.4) is 0 Å². The lowest BCUT2D eigenvalue weighted by Crippen LogP contribution is -2.14. The first-order valence-corrected chi connectivity index (χ1v) is 5.23. The highest BCUT2D eigenvalue weighted by molar-refractivity contribution is 5.99. The van der Waals surface area contributed by atoms with Crippen LogP contribution in [0, 0.1) is 0 Å². The number of Topliss-reactive ketones (excluding diaryl/α,β-unsaturated/α-hetero) is 1. The summed E-state index contributed by atoms with van der Waals surface area (Å²) in [5, 5.41) is 0. The second-order valence-electron chi connectivity index (χ2n) is 3.40. The molecule has 0 spiro atoms. The molecular weight excluding hydrogens is 222 g/mol. The Morgan fingerprint density at radius 1 is 1.35 bits per heavy atom. The van der Waals surface area contributed by atoms with Crippen molar-refractivity contribution in [1.29, 1.82) is 0 Å². The zero-order valence-corrected chi connectivity index (χ0v) is 9.86. The summed E-state index contributed by atoms with van der Waals surface area (Å²) in [7, 11) is 0. The van der Waals surface area contributed by atoms with Crippen LogP contribution in [0.4, 0.5) is 5.69 Å². The molecule has 0 bridgehead atoms. The third kappa shape index (κ3) is 3.79. The van der Waals surface area contributed by atoms with Crippen molar-refractivity contribution in [3.8, 4) is 5.75 Å². The number of ketones is 1. The Morgan fingerprint density at radius 2 is 2.06 bits per heavy atom. The first-order valence-electron chi connectivity index (χ1n) is 5.23. The van der Waals surface area contributed by atoms with E-state index < -0.39 is 5.97 Å². The molecule has 0 aliphatic carbocycles. The number of anilines is 1. The van der Waals surface area contributed by atoms with Crippen molar-refractivity contribution in [2.45, 2.75) is 13.8 Å². The Labute approximate surface area is 99.5 Å². The molecular formula is C12H15NO4. The molecule has 2 N–H and O–H groups in total. The lowest BCUT2D eigenvalue weighted by molar-refractivity contribution is -0.145. The molecule has 0 aliphatic rings. The Kier molecular flexibility index (Phi) is 4.51. The van der Waals surface area contributed by atoms with Crippen LogP contribution < -0.4 is 10.5 Å². The van der Waals surface area contributed by atoms with Crippen molar-refractivity contribution in [3.63, 3.8) is 0 Å². The van der Waals surface area contributed by atoms with E-state index in [4.69, 9.17) is 15.2 Å². The summed E-state index contributed by atoms with van der Waals surface area (Å²) >= 11 is 0. The summed E-state index contributed by atoms with van der Waals surface area (Å²) in [5.74, 6) is -0.123. The highest BCUT2D eigenvalue weighted by atomic mass is 16.6. The van der Waals surface area contributed by atoms with Crippen molar-refractivity contribution in [3.05, 3.63) is 23.8 Å². The molecule has 5 nitrogen and oxygen atoms in total. The van der Waals surface area contributed by atoms with Gasteiger partial charge in [0.05, 0.1) is 6.61 Å². The van der Waals surface area contributed by atoms with E-state index >= 15 is 0 Å². The highest BCUT2D eigenvalue weighted by Gasteiger charge is 2.07. The van der Waals surface area contributed by atoms with Crippen LogP contribution in [-0.2, 0) is 9.53 Å². The lowest BCUT2D eigenvalue weighted by atomic mass is 10.1. The topological polar surface area (TPSA) is 78.6 Å². The maximum absolute atomic E-state index is 11.1. The molecule has 0 fully saturated rings. The van der Waals surface area contributed by atoms with Gasteiger partial charge in [-0.15, -0.1) is 0 Å². The van der Waals surface area contributed by atoms with Crippen molar-refractivity contribution in [2.24, 2.45) is 0 Å². The minimum atomic E-state index is -0.443. The standard InChI is InChI=1S/C12H15NO4/c1-3-16-12(15)7-17-9-4-5-10(8(2)14)11(13)6-9/h4-6H,3,7,13H2,1-2H3. The number of esters is 1. The fourth-order valence-corrected chi connectivity index (χ4v) is 1.30. The molecule has 5 heteroatoms. The first-order chi connectivity index (χ1) is 8.04. The second-order valence-corrected chi connectivity index (χ2v) is 3.40. The smallest absolute Gasteiger partial charge is 0.344 e. The van der Waals surface area contributed by atoms with Crippen LogP contribution in [0.15, 0.2) is 18.2 Å². The molecule has 0 saturated carbocycles. The molecule has 17 heavy (non-hydrogen) atoms. The Hall–Kier alpha value is -2.04. The second kappa shape index (κ2) is 5.89. The molecule has 1 aromatic rings. The third-order valence-corrected chi connectivity index (χ3v) is 2.06. The van der Waals surface area contributed by atoms with E-state index in [-0.39, 0.29) is 12.4 Å².